The Labute approximate surface area is 159 Å². The lowest BCUT2D eigenvalue weighted by Gasteiger charge is -2.25. The molecule has 7 nitrogen and oxygen atoms in total. The van der Waals surface area contributed by atoms with Crippen molar-refractivity contribution in [2.45, 2.75) is 32.6 Å². The summed E-state index contributed by atoms with van der Waals surface area (Å²) in [6, 6.07) is 0. The number of likely N-dealkylation sites (N-methyl/N-ethyl adjacent to an activating group) is 1. The minimum absolute atomic E-state index is 0.00911. The van der Waals surface area contributed by atoms with Gasteiger partial charge in [-0.3, -0.25) is 4.99 Å². The van der Waals surface area contributed by atoms with Crippen molar-refractivity contribution in [2.24, 2.45) is 10.4 Å². The number of hydrogen-bond donors (Lipinski definition) is 3. The van der Waals surface area contributed by atoms with Gasteiger partial charge < -0.3 is 30.3 Å². The summed E-state index contributed by atoms with van der Waals surface area (Å²) in [6.07, 6.45) is 4.14. The monoisotopic (exact) mass is 369 g/mol. The molecule has 0 aromatic heterocycles. The zero-order chi connectivity index (χ0) is 18.7. The minimum atomic E-state index is 0.00911. The van der Waals surface area contributed by atoms with Gasteiger partial charge >= 0.3 is 0 Å². The summed E-state index contributed by atoms with van der Waals surface area (Å²) in [5.74, 6) is 0.882. The summed E-state index contributed by atoms with van der Waals surface area (Å²) < 4.78 is 5.56. The molecule has 0 saturated carbocycles. The Morgan fingerprint density at radius 2 is 2.12 bits per heavy atom. The maximum absolute atomic E-state index is 9.35. The minimum Gasteiger partial charge on any atom is -0.396 e. The molecular formula is C19H39N5O2. The van der Waals surface area contributed by atoms with E-state index in [0.29, 0.717) is 13.2 Å². The highest BCUT2D eigenvalue weighted by Gasteiger charge is 2.34. The number of ether oxygens (including phenoxy) is 1. The van der Waals surface area contributed by atoms with Crippen LogP contribution in [0.25, 0.3) is 0 Å². The Kier molecular flexibility index (Phi) is 9.67. The molecule has 2 heterocycles. The summed E-state index contributed by atoms with van der Waals surface area (Å²) in [7, 11) is 2.21. The fourth-order valence-corrected chi connectivity index (χ4v) is 3.71. The van der Waals surface area contributed by atoms with Gasteiger partial charge in [0.15, 0.2) is 5.96 Å². The maximum atomic E-state index is 9.35. The molecule has 3 N–H and O–H groups in total. The largest absolute Gasteiger partial charge is 0.396 e. The standard InChI is InChI=1S/C19H39N5O2/c1-3-20-18(22-16-19(6-14-25)7-15-26-17-19)21-8-4-10-24-11-5-9-23(2)12-13-24/h25H,3-17H2,1-2H3,(H2,20,21,22). The SMILES string of the molecule is CCNC(=NCC1(CCO)CCOC1)NCCCN1CCCN(C)CC1. The van der Waals surface area contributed by atoms with Crippen LogP contribution in [0.2, 0.25) is 0 Å². The van der Waals surface area contributed by atoms with Crippen molar-refractivity contribution in [3.05, 3.63) is 0 Å². The van der Waals surface area contributed by atoms with Gasteiger partial charge in [0.2, 0.25) is 0 Å². The lowest BCUT2D eigenvalue weighted by Crippen LogP contribution is -2.40. The lowest BCUT2D eigenvalue weighted by molar-refractivity contribution is 0.131. The van der Waals surface area contributed by atoms with E-state index in [9.17, 15) is 5.11 Å². The van der Waals surface area contributed by atoms with Gasteiger partial charge in [-0.2, -0.15) is 0 Å². The number of nitrogens with zero attached hydrogens (tertiary/aromatic N) is 3. The molecule has 152 valence electrons. The number of hydrogen-bond acceptors (Lipinski definition) is 5. The van der Waals surface area contributed by atoms with Crippen LogP contribution in [-0.2, 0) is 4.74 Å². The van der Waals surface area contributed by atoms with E-state index < -0.39 is 0 Å². The molecule has 0 amide bonds. The Balaban J connectivity index is 1.73. The zero-order valence-electron chi connectivity index (χ0n) is 16.8. The first-order valence-corrected chi connectivity index (χ1v) is 10.3. The molecule has 2 fully saturated rings. The predicted molar refractivity (Wildman–Crippen MR) is 107 cm³/mol. The van der Waals surface area contributed by atoms with Crippen LogP contribution in [0.4, 0.5) is 0 Å². The maximum Gasteiger partial charge on any atom is 0.191 e. The fraction of sp³-hybridized carbons (Fsp3) is 0.947. The van der Waals surface area contributed by atoms with E-state index in [-0.39, 0.29) is 12.0 Å². The molecule has 1 unspecified atom stereocenters. The van der Waals surface area contributed by atoms with Crippen LogP contribution in [0.15, 0.2) is 4.99 Å². The van der Waals surface area contributed by atoms with Crippen LogP contribution in [0, 0.1) is 5.41 Å². The topological polar surface area (TPSA) is 72.4 Å². The smallest absolute Gasteiger partial charge is 0.191 e. The molecule has 0 spiro atoms. The quantitative estimate of drug-likeness (QED) is 0.310. The number of aliphatic imine (C=N–C) groups is 1. The highest BCUT2D eigenvalue weighted by molar-refractivity contribution is 5.79. The second-order valence-electron chi connectivity index (χ2n) is 7.75. The highest BCUT2D eigenvalue weighted by Crippen LogP contribution is 2.32. The van der Waals surface area contributed by atoms with Crippen LogP contribution in [0.5, 0.6) is 0 Å². The van der Waals surface area contributed by atoms with Crippen molar-refractivity contribution < 1.29 is 9.84 Å². The second kappa shape index (κ2) is 11.7. The Hall–Kier alpha value is -0.890. The average Bonchev–Trinajstić information content (AvgIpc) is 2.99. The number of nitrogens with one attached hydrogen (secondary N) is 2. The van der Waals surface area contributed by atoms with Crippen LogP contribution in [0.3, 0.4) is 0 Å². The van der Waals surface area contributed by atoms with E-state index in [1.54, 1.807) is 0 Å². The number of aliphatic hydroxyl groups excluding tert-OH is 1. The Morgan fingerprint density at radius 3 is 2.85 bits per heavy atom. The number of aliphatic hydroxyl groups is 1. The van der Waals surface area contributed by atoms with Crippen molar-refractivity contribution >= 4 is 5.96 Å². The predicted octanol–water partition coefficient (Wildman–Crippen LogP) is 0.358. The summed E-state index contributed by atoms with van der Waals surface area (Å²) in [4.78, 5) is 9.77. The molecule has 0 bridgehead atoms. The summed E-state index contributed by atoms with van der Waals surface area (Å²) >= 11 is 0. The zero-order valence-corrected chi connectivity index (χ0v) is 16.8. The van der Waals surface area contributed by atoms with E-state index >= 15 is 0 Å². The average molecular weight is 370 g/mol. The fourth-order valence-electron chi connectivity index (χ4n) is 3.71. The van der Waals surface area contributed by atoms with Crippen molar-refractivity contribution in [3.8, 4) is 0 Å². The molecule has 2 saturated heterocycles. The van der Waals surface area contributed by atoms with Crippen LogP contribution in [0.1, 0.15) is 32.6 Å². The van der Waals surface area contributed by atoms with Crippen molar-refractivity contribution in [3.63, 3.8) is 0 Å². The highest BCUT2D eigenvalue weighted by atomic mass is 16.5. The Bertz CT molecular complexity index is 413. The first kappa shape index (κ1) is 21.4. The Morgan fingerprint density at radius 1 is 1.23 bits per heavy atom. The first-order chi connectivity index (χ1) is 12.7. The molecule has 7 heteroatoms. The van der Waals surface area contributed by atoms with Gasteiger partial charge in [-0.15, -0.1) is 0 Å². The van der Waals surface area contributed by atoms with Crippen LogP contribution in [-0.4, -0.2) is 100 Å². The third-order valence-corrected chi connectivity index (χ3v) is 5.50. The number of guanidine groups is 1. The molecule has 0 aromatic rings. The van der Waals surface area contributed by atoms with Crippen molar-refractivity contribution in [1.29, 1.82) is 0 Å². The molecule has 0 radical (unpaired) electrons. The normalized spacial score (nSPS) is 26.0. The molecule has 0 aliphatic carbocycles. The van der Waals surface area contributed by atoms with Gasteiger partial charge in [0.05, 0.1) is 13.2 Å². The summed E-state index contributed by atoms with van der Waals surface area (Å²) in [6.45, 7) is 12.2. The van der Waals surface area contributed by atoms with Gasteiger partial charge in [-0.1, -0.05) is 0 Å². The second-order valence-corrected chi connectivity index (χ2v) is 7.75. The van der Waals surface area contributed by atoms with Gasteiger partial charge in [0.25, 0.3) is 0 Å². The van der Waals surface area contributed by atoms with Gasteiger partial charge in [-0.05, 0) is 59.3 Å². The van der Waals surface area contributed by atoms with Gasteiger partial charge in [0, 0.05) is 44.8 Å². The first-order valence-electron chi connectivity index (χ1n) is 10.3. The van der Waals surface area contributed by atoms with E-state index in [4.69, 9.17) is 9.73 Å². The third kappa shape index (κ3) is 7.39. The van der Waals surface area contributed by atoms with Gasteiger partial charge in [-0.25, -0.2) is 0 Å². The molecule has 2 rings (SSSR count). The van der Waals surface area contributed by atoms with E-state index in [1.807, 2.05) is 0 Å². The van der Waals surface area contributed by atoms with E-state index in [1.165, 1.54) is 32.6 Å². The van der Waals surface area contributed by atoms with Crippen LogP contribution >= 0.6 is 0 Å². The van der Waals surface area contributed by atoms with E-state index in [2.05, 4.69) is 34.4 Å². The van der Waals surface area contributed by atoms with E-state index in [0.717, 1.165) is 51.5 Å². The number of rotatable bonds is 9. The molecule has 0 aromatic carbocycles. The molecular weight excluding hydrogens is 330 g/mol. The lowest BCUT2D eigenvalue weighted by atomic mass is 9.84. The van der Waals surface area contributed by atoms with Crippen LogP contribution < -0.4 is 10.6 Å². The third-order valence-electron chi connectivity index (χ3n) is 5.50. The van der Waals surface area contributed by atoms with Gasteiger partial charge in [0.1, 0.15) is 0 Å². The molecule has 2 aliphatic rings. The summed E-state index contributed by atoms with van der Waals surface area (Å²) in [5, 5.41) is 16.2. The summed E-state index contributed by atoms with van der Waals surface area (Å²) in [5.41, 5.74) is 0.00911. The molecule has 2 aliphatic heterocycles. The molecule has 1 atom stereocenters. The van der Waals surface area contributed by atoms with Crippen molar-refractivity contribution in [2.75, 3.05) is 79.2 Å². The van der Waals surface area contributed by atoms with Crippen molar-refractivity contribution in [1.82, 2.24) is 20.4 Å². The molecule has 26 heavy (non-hydrogen) atoms.